The number of hydrogen-bond donors (Lipinski definition) is 5. The molecule has 2 aromatic heterocycles. The Balaban J connectivity index is 2.10. The number of nitrogens with zero attached hydrogens (tertiary/aromatic N) is 3. The summed E-state index contributed by atoms with van der Waals surface area (Å²) in [5, 5.41) is 17.2. The Bertz CT molecular complexity index is 1220. The van der Waals surface area contributed by atoms with Crippen molar-refractivity contribution in [2.75, 3.05) is 11.9 Å². The van der Waals surface area contributed by atoms with Crippen LogP contribution < -0.4 is 21.7 Å². The van der Waals surface area contributed by atoms with E-state index in [0.717, 1.165) is 11.3 Å². The lowest BCUT2D eigenvalue weighted by atomic mass is 10.2. The lowest BCUT2D eigenvalue weighted by Gasteiger charge is -2.12. The third kappa shape index (κ3) is 7.90. The predicted octanol–water partition coefficient (Wildman–Crippen LogP) is 2.26. The van der Waals surface area contributed by atoms with Gasteiger partial charge in [-0.25, -0.2) is 9.97 Å². The maximum absolute atomic E-state index is 12.9. The molecule has 0 aliphatic carbocycles. The zero-order chi connectivity index (χ0) is 27.0. The van der Waals surface area contributed by atoms with Crippen LogP contribution in [0, 0.1) is 0 Å². The summed E-state index contributed by atoms with van der Waals surface area (Å²) in [7, 11) is 0. The van der Waals surface area contributed by atoms with Gasteiger partial charge in [0.05, 0.1) is 25.0 Å². The first-order valence-electron chi connectivity index (χ1n) is 10.1. The Morgan fingerprint density at radius 1 is 1.31 bits per heavy atom. The number of primary amides is 1. The lowest BCUT2D eigenvalue weighted by molar-refractivity contribution is -0.138. The smallest absolute Gasteiger partial charge is 0.420 e. The molecule has 1 atom stereocenters. The number of carbonyl (C=O) groups excluding carboxylic acids is 3. The van der Waals surface area contributed by atoms with Crippen LogP contribution in [0.5, 0.6) is 5.75 Å². The maximum atomic E-state index is 12.9. The summed E-state index contributed by atoms with van der Waals surface area (Å²) in [6.45, 7) is 6.67. The molecule has 0 fully saturated rings. The van der Waals surface area contributed by atoms with Crippen molar-refractivity contribution in [2.24, 2.45) is 10.7 Å². The summed E-state index contributed by atoms with van der Waals surface area (Å²) in [6, 6.07) is -0.165. The topological polar surface area (TPSA) is 172 Å². The molecule has 0 saturated carbocycles. The highest BCUT2D eigenvalue weighted by molar-refractivity contribution is 7.13. The van der Waals surface area contributed by atoms with Gasteiger partial charge in [0.1, 0.15) is 32.7 Å². The van der Waals surface area contributed by atoms with Crippen LogP contribution in [0.4, 0.5) is 19.0 Å². The number of halogens is 3. The van der Waals surface area contributed by atoms with Crippen LogP contribution in [0.15, 0.2) is 47.5 Å². The number of aromatic nitrogens is 2. The number of hydrogen-bond acceptors (Lipinski definition) is 9. The van der Waals surface area contributed by atoms with Crippen LogP contribution in [-0.2, 0) is 15.8 Å². The number of nitrogens with two attached hydrogens (primary N) is 1. The average Bonchev–Trinajstić information content (AvgIpc) is 3.28. The molecule has 36 heavy (non-hydrogen) atoms. The third-order valence-corrected chi connectivity index (χ3v) is 5.38. The molecule has 6 N–H and O–H groups in total. The van der Waals surface area contributed by atoms with Gasteiger partial charge in [0.15, 0.2) is 0 Å². The molecule has 0 aliphatic rings. The SMILES string of the molecule is C=C(/C=C(\N=C/C)C(=O)NC(C)c1ncc(C(=O)Nc2cc(C(F)(F)F)c(O)cn2)s1)NCC(N)=O. The minimum atomic E-state index is -4.84. The van der Waals surface area contributed by atoms with Crippen LogP contribution in [-0.4, -0.2) is 45.6 Å². The van der Waals surface area contributed by atoms with Gasteiger partial charge in [-0.05, 0) is 26.0 Å². The van der Waals surface area contributed by atoms with Crippen molar-refractivity contribution in [3.8, 4) is 5.75 Å². The number of alkyl halides is 3. The van der Waals surface area contributed by atoms with E-state index in [2.05, 4.69) is 37.5 Å². The first-order valence-corrected chi connectivity index (χ1v) is 10.9. The molecular weight excluding hydrogens is 503 g/mol. The van der Waals surface area contributed by atoms with Gasteiger partial charge >= 0.3 is 6.18 Å². The lowest BCUT2D eigenvalue weighted by Crippen LogP contribution is -2.29. The Labute approximate surface area is 207 Å². The first-order chi connectivity index (χ1) is 16.8. The fraction of sp³-hybridized carbons (Fsp3) is 0.238. The van der Waals surface area contributed by atoms with Crippen molar-refractivity contribution in [2.45, 2.75) is 26.1 Å². The molecule has 192 valence electrons. The van der Waals surface area contributed by atoms with Crippen LogP contribution in [0.1, 0.15) is 40.1 Å². The van der Waals surface area contributed by atoms with Crippen molar-refractivity contribution >= 4 is 41.1 Å². The van der Waals surface area contributed by atoms with Gasteiger partial charge in [0.2, 0.25) is 5.91 Å². The second-order valence-electron chi connectivity index (χ2n) is 7.06. The number of nitrogens with one attached hydrogen (secondary N) is 3. The largest absolute Gasteiger partial charge is 0.506 e. The second kappa shape index (κ2) is 11.9. The van der Waals surface area contributed by atoms with E-state index >= 15 is 0 Å². The van der Waals surface area contributed by atoms with Crippen molar-refractivity contribution in [3.63, 3.8) is 0 Å². The van der Waals surface area contributed by atoms with Crippen molar-refractivity contribution < 1.29 is 32.7 Å². The zero-order valence-corrected chi connectivity index (χ0v) is 19.8. The fourth-order valence-corrected chi connectivity index (χ4v) is 3.38. The number of allylic oxidation sites excluding steroid dienone is 1. The summed E-state index contributed by atoms with van der Waals surface area (Å²) >= 11 is 0.897. The predicted molar refractivity (Wildman–Crippen MR) is 126 cm³/mol. The molecule has 2 rings (SSSR count). The second-order valence-corrected chi connectivity index (χ2v) is 8.12. The van der Waals surface area contributed by atoms with Crippen molar-refractivity contribution in [3.05, 3.63) is 58.0 Å². The van der Waals surface area contributed by atoms with Crippen LogP contribution >= 0.6 is 11.3 Å². The van der Waals surface area contributed by atoms with Gasteiger partial charge in [-0.15, -0.1) is 11.3 Å². The van der Waals surface area contributed by atoms with Crippen LogP contribution in [0.3, 0.4) is 0 Å². The normalized spacial score (nSPS) is 12.8. The minimum absolute atomic E-state index is 0.0280. The Kier molecular flexibility index (Phi) is 9.26. The Hall–Kier alpha value is -4.27. The number of carbonyl (C=O) groups is 3. The summed E-state index contributed by atoms with van der Waals surface area (Å²) < 4.78 is 38.8. The van der Waals surface area contributed by atoms with Gasteiger partial charge < -0.3 is 26.8 Å². The highest BCUT2D eigenvalue weighted by atomic mass is 32.1. The van der Waals surface area contributed by atoms with Crippen LogP contribution in [0.25, 0.3) is 0 Å². The fourth-order valence-electron chi connectivity index (χ4n) is 2.56. The summed E-state index contributed by atoms with van der Waals surface area (Å²) in [6.07, 6.45) is -0.372. The quantitative estimate of drug-likeness (QED) is 0.180. The molecule has 0 bridgehead atoms. The first kappa shape index (κ1) is 28.0. The summed E-state index contributed by atoms with van der Waals surface area (Å²) in [4.78, 5) is 47.6. The van der Waals surface area contributed by atoms with Gasteiger partial charge in [0, 0.05) is 11.9 Å². The number of pyridine rings is 1. The Morgan fingerprint density at radius 3 is 2.61 bits per heavy atom. The van der Waals surface area contributed by atoms with Gasteiger partial charge in [-0.2, -0.15) is 13.2 Å². The van der Waals surface area contributed by atoms with E-state index in [4.69, 9.17) is 5.73 Å². The number of amides is 3. The van der Waals surface area contributed by atoms with Crippen molar-refractivity contribution in [1.82, 2.24) is 20.6 Å². The molecule has 0 aromatic carbocycles. The van der Waals surface area contributed by atoms with E-state index in [1.54, 1.807) is 13.8 Å². The van der Waals surface area contributed by atoms with E-state index < -0.39 is 47.1 Å². The number of anilines is 1. The molecule has 2 heterocycles. The van der Waals surface area contributed by atoms with E-state index in [1.165, 1.54) is 18.5 Å². The highest BCUT2D eigenvalue weighted by Crippen LogP contribution is 2.36. The van der Waals surface area contributed by atoms with Gasteiger partial charge in [-0.1, -0.05) is 6.58 Å². The van der Waals surface area contributed by atoms with E-state index in [1.807, 2.05) is 0 Å². The molecule has 11 nitrogen and oxygen atoms in total. The highest BCUT2D eigenvalue weighted by Gasteiger charge is 2.34. The number of thiazole rings is 1. The standard InChI is InChI=1S/C21H22F3N7O4S/c1-4-26-13(5-10(2)27-9-16(25)33)18(34)30-11(3)20-29-8-15(36-20)19(35)31-17-6-12(21(22,23)24)14(32)7-28-17/h4-8,11,27,32H,2,9H2,1,3H3,(H2,25,33)(H,30,34)(H,28,31,35)/b13-5-,26-4-. The molecule has 0 aliphatic heterocycles. The monoisotopic (exact) mass is 525 g/mol. The number of aliphatic imine (C=N–C) groups is 1. The zero-order valence-electron chi connectivity index (χ0n) is 19.0. The van der Waals surface area contributed by atoms with Crippen molar-refractivity contribution in [1.29, 1.82) is 0 Å². The van der Waals surface area contributed by atoms with Gasteiger partial charge in [-0.3, -0.25) is 19.4 Å². The molecule has 1 unspecified atom stereocenters. The summed E-state index contributed by atoms with van der Waals surface area (Å²) in [5.74, 6) is -3.49. The molecule has 0 spiro atoms. The number of rotatable bonds is 10. The minimum Gasteiger partial charge on any atom is -0.506 e. The van der Waals surface area contributed by atoms with E-state index in [-0.39, 0.29) is 22.8 Å². The van der Waals surface area contributed by atoms with E-state index in [0.29, 0.717) is 17.3 Å². The van der Waals surface area contributed by atoms with E-state index in [9.17, 15) is 32.7 Å². The molecular formula is C21H22F3N7O4S. The third-order valence-electron chi connectivity index (χ3n) is 4.20. The molecule has 0 saturated heterocycles. The Morgan fingerprint density at radius 2 is 2.00 bits per heavy atom. The van der Waals surface area contributed by atoms with Gasteiger partial charge in [0.25, 0.3) is 11.8 Å². The molecule has 0 radical (unpaired) electrons. The molecule has 3 amide bonds. The molecule has 2 aromatic rings. The maximum Gasteiger partial charge on any atom is 0.420 e. The van der Waals surface area contributed by atoms with Crippen LogP contribution in [0.2, 0.25) is 0 Å². The number of aromatic hydroxyl groups is 1. The molecule has 15 heteroatoms. The average molecular weight is 526 g/mol. The summed E-state index contributed by atoms with van der Waals surface area (Å²) in [5.41, 5.74) is 3.90.